The molecule has 0 aliphatic rings. The second-order valence-electron chi connectivity index (χ2n) is 1.57. The van der Waals surface area contributed by atoms with E-state index in [9.17, 15) is 4.79 Å². The number of aliphatic carboxylic acids is 1. The van der Waals surface area contributed by atoms with Crippen LogP contribution in [0.15, 0.2) is 0 Å². The number of rotatable bonds is 4. The van der Waals surface area contributed by atoms with Crippen molar-refractivity contribution in [2.75, 3.05) is 6.61 Å². The molecule has 0 heterocycles. The number of hydrogen-bond acceptors (Lipinski definition) is 2. The Bertz CT molecular complexity index is 74.6. The topological polar surface area (TPSA) is 57.5 Å². The largest absolute Gasteiger partial charge is 1.00 e. The SMILES string of the molecule is O=C(O)CCCCO.[Na+]. The monoisotopic (exact) mass is 141 g/mol. The molecule has 0 amide bonds. The molecule has 0 rings (SSSR count). The molecule has 3 nitrogen and oxygen atoms in total. The van der Waals surface area contributed by atoms with Gasteiger partial charge in [0.05, 0.1) is 0 Å². The molecule has 0 unspecified atom stereocenters. The summed E-state index contributed by atoms with van der Waals surface area (Å²) in [6.45, 7) is 0.0906. The van der Waals surface area contributed by atoms with Crippen molar-refractivity contribution < 1.29 is 44.6 Å². The summed E-state index contributed by atoms with van der Waals surface area (Å²) in [7, 11) is 0. The molecule has 0 atom stereocenters. The van der Waals surface area contributed by atoms with Gasteiger partial charge in [0.15, 0.2) is 0 Å². The molecule has 0 radical (unpaired) electrons. The Kier molecular flexibility index (Phi) is 11.4. The van der Waals surface area contributed by atoms with Crippen molar-refractivity contribution in [3.63, 3.8) is 0 Å². The molecule has 4 heteroatoms. The number of carboxylic acids is 1. The van der Waals surface area contributed by atoms with Crippen molar-refractivity contribution >= 4 is 5.97 Å². The first-order valence-corrected chi connectivity index (χ1v) is 2.60. The Balaban J connectivity index is 0. The third-order valence-corrected chi connectivity index (χ3v) is 0.799. The third-order valence-electron chi connectivity index (χ3n) is 0.799. The third kappa shape index (κ3) is 11.8. The predicted octanol–water partition coefficient (Wildman–Crippen LogP) is -2.76. The van der Waals surface area contributed by atoms with Crippen LogP contribution in [0.1, 0.15) is 19.3 Å². The maximum atomic E-state index is 9.79. The van der Waals surface area contributed by atoms with Gasteiger partial charge in [-0.3, -0.25) is 4.79 Å². The van der Waals surface area contributed by atoms with E-state index in [1.807, 2.05) is 0 Å². The molecule has 0 fully saturated rings. The number of carbonyl (C=O) groups is 1. The van der Waals surface area contributed by atoms with E-state index in [1.165, 1.54) is 0 Å². The van der Waals surface area contributed by atoms with Gasteiger partial charge in [0.1, 0.15) is 0 Å². The van der Waals surface area contributed by atoms with Crippen molar-refractivity contribution in [3.05, 3.63) is 0 Å². The summed E-state index contributed by atoms with van der Waals surface area (Å²) in [6.07, 6.45) is 1.33. The minimum atomic E-state index is -0.793. The summed E-state index contributed by atoms with van der Waals surface area (Å²) in [5.41, 5.74) is 0. The molecule has 0 aromatic heterocycles. The van der Waals surface area contributed by atoms with Gasteiger partial charge >= 0.3 is 35.5 Å². The second-order valence-corrected chi connectivity index (χ2v) is 1.57. The second kappa shape index (κ2) is 8.43. The Morgan fingerprint density at radius 3 is 2.22 bits per heavy atom. The van der Waals surface area contributed by atoms with Gasteiger partial charge in [-0.05, 0) is 12.8 Å². The van der Waals surface area contributed by atoms with Gasteiger partial charge < -0.3 is 10.2 Å². The number of aliphatic hydroxyl groups excluding tert-OH is 1. The van der Waals surface area contributed by atoms with Gasteiger partial charge in [0.2, 0.25) is 0 Å². The summed E-state index contributed by atoms with van der Waals surface area (Å²) in [4.78, 5) is 9.79. The molecule has 0 bridgehead atoms. The van der Waals surface area contributed by atoms with E-state index in [0.29, 0.717) is 12.8 Å². The summed E-state index contributed by atoms with van der Waals surface area (Å²) in [5.74, 6) is -0.793. The average Bonchev–Trinajstić information content (AvgIpc) is 1.66. The first kappa shape index (κ1) is 12.1. The van der Waals surface area contributed by atoms with Gasteiger partial charge in [-0.1, -0.05) is 0 Å². The Labute approximate surface area is 76.4 Å². The van der Waals surface area contributed by atoms with Crippen molar-refractivity contribution in [2.24, 2.45) is 0 Å². The van der Waals surface area contributed by atoms with Crippen molar-refractivity contribution in [3.8, 4) is 0 Å². The smallest absolute Gasteiger partial charge is 0.481 e. The maximum absolute atomic E-state index is 9.79. The van der Waals surface area contributed by atoms with Crippen LogP contribution < -0.4 is 29.6 Å². The molecule has 0 aromatic rings. The molecule has 48 valence electrons. The van der Waals surface area contributed by atoms with Crippen molar-refractivity contribution in [1.82, 2.24) is 0 Å². The van der Waals surface area contributed by atoms with Crippen LogP contribution in [0.4, 0.5) is 0 Å². The quantitative estimate of drug-likeness (QED) is 0.329. The van der Waals surface area contributed by atoms with E-state index in [4.69, 9.17) is 10.2 Å². The van der Waals surface area contributed by atoms with E-state index in [0.717, 1.165) is 0 Å². The summed E-state index contributed by atoms with van der Waals surface area (Å²) in [5, 5.41) is 16.2. The van der Waals surface area contributed by atoms with Gasteiger partial charge in [-0.25, -0.2) is 0 Å². The minimum absolute atomic E-state index is 0. The first-order chi connectivity index (χ1) is 3.77. The van der Waals surface area contributed by atoms with Crippen molar-refractivity contribution in [2.45, 2.75) is 19.3 Å². The Hall–Kier alpha value is 0.430. The molecule has 0 saturated carbocycles. The molecule has 0 spiro atoms. The Morgan fingerprint density at radius 2 is 1.89 bits per heavy atom. The van der Waals surface area contributed by atoms with Gasteiger partial charge in [-0.15, -0.1) is 0 Å². The molecular weight excluding hydrogens is 131 g/mol. The molecule has 0 saturated heterocycles. The van der Waals surface area contributed by atoms with Crippen LogP contribution in [0.3, 0.4) is 0 Å². The number of unbranched alkanes of at least 4 members (excludes halogenated alkanes) is 1. The van der Waals surface area contributed by atoms with Crippen LogP contribution in [0, 0.1) is 0 Å². The Morgan fingerprint density at radius 1 is 1.33 bits per heavy atom. The standard InChI is InChI=1S/C5H10O3.Na/c6-4-2-1-3-5(7)8;/h6H,1-4H2,(H,7,8);/q;+1. The summed E-state index contributed by atoms with van der Waals surface area (Å²) < 4.78 is 0. The fraction of sp³-hybridized carbons (Fsp3) is 0.800. The first-order valence-electron chi connectivity index (χ1n) is 2.60. The zero-order valence-corrected chi connectivity index (χ0v) is 7.63. The van der Waals surface area contributed by atoms with E-state index < -0.39 is 5.97 Å². The predicted molar refractivity (Wildman–Crippen MR) is 28.6 cm³/mol. The normalized spacial score (nSPS) is 8.11. The van der Waals surface area contributed by atoms with Crippen LogP contribution in [0.5, 0.6) is 0 Å². The number of hydrogen-bond donors (Lipinski definition) is 2. The molecule has 9 heavy (non-hydrogen) atoms. The van der Waals surface area contributed by atoms with Crippen LogP contribution in [0.2, 0.25) is 0 Å². The number of carboxylic acid groups (broad SMARTS) is 1. The van der Waals surface area contributed by atoms with E-state index in [1.54, 1.807) is 0 Å². The summed E-state index contributed by atoms with van der Waals surface area (Å²) in [6, 6.07) is 0. The van der Waals surface area contributed by atoms with E-state index in [2.05, 4.69) is 0 Å². The summed E-state index contributed by atoms with van der Waals surface area (Å²) >= 11 is 0. The average molecular weight is 141 g/mol. The fourth-order valence-corrected chi connectivity index (χ4v) is 0.388. The fourth-order valence-electron chi connectivity index (χ4n) is 0.388. The van der Waals surface area contributed by atoms with Crippen LogP contribution in [-0.4, -0.2) is 22.8 Å². The zero-order chi connectivity index (χ0) is 6.41. The zero-order valence-electron chi connectivity index (χ0n) is 5.63. The molecule has 0 aromatic carbocycles. The minimum Gasteiger partial charge on any atom is -0.481 e. The van der Waals surface area contributed by atoms with E-state index >= 15 is 0 Å². The molecule has 2 N–H and O–H groups in total. The molecule has 0 aliphatic heterocycles. The maximum Gasteiger partial charge on any atom is 1.00 e. The molecular formula is C5H10NaO3+. The van der Waals surface area contributed by atoms with E-state index in [-0.39, 0.29) is 42.6 Å². The van der Waals surface area contributed by atoms with Gasteiger partial charge in [0, 0.05) is 13.0 Å². The van der Waals surface area contributed by atoms with Crippen LogP contribution in [-0.2, 0) is 4.79 Å². The van der Waals surface area contributed by atoms with Gasteiger partial charge in [0.25, 0.3) is 0 Å². The molecule has 0 aliphatic carbocycles. The number of aliphatic hydroxyl groups is 1. The van der Waals surface area contributed by atoms with Crippen LogP contribution in [0.25, 0.3) is 0 Å². The van der Waals surface area contributed by atoms with Crippen LogP contribution >= 0.6 is 0 Å². The van der Waals surface area contributed by atoms with Gasteiger partial charge in [-0.2, -0.15) is 0 Å². The van der Waals surface area contributed by atoms with Crippen molar-refractivity contribution in [1.29, 1.82) is 0 Å².